The number of aliphatic hydroxyl groups is 1. The molecule has 0 spiro atoms. The van der Waals surface area contributed by atoms with Gasteiger partial charge in [0.2, 0.25) is 0 Å². The molecule has 7 aliphatic rings. The summed E-state index contributed by atoms with van der Waals surface area (Å²) in [5, 5.41) is 19.4. The Labute approximate surface area is 416 Å². The number of para-hydroxylation sites is 2. The van der Waals surface area contributed by atoms with E-state index in [1.54, 1.807) is 0 Å². The van der Waals surface area contributed by atoms with Crippen LogP contribution in [0.2, 0.25) is 0 Å². The first-order chi connectivity index (χ1) is 34.0. The molecule has 5 heterocycles. The molecule has 2 aromatic heterocycles. The third kappa shape index (κ3) is 7.02. The molecule has 2 N–H and O–H groups in total. The quantitative estimate of drug-likeness (QED) is 0.0668. The third-order valence-electron chi connectivity index (χ3n) is 19.9. The van der Waals surface area contributed by atoms with Crippen LogP contribution in [0.1, 0.15) is 154 Å². The molecule has 1 amide bonds. The molecule has 3 aromatic carbocycles. The number of hydrogen-bond donors (Lipinski definition) is 2. The zero-order chi connectivity index (χ0) is 49.4. The van der Waals surface area contributed by atoms with Crippen LogP contribution in [-0.4, -0.2) is 63.0 Å². The number of benzene rings is 3. The van der Waals surface area contributed by atoms with Crippen LogP contribution in [0.15, 0.2) is 60.2 Å². The molecule has 3 aliphatic heterocycles. The van der Waals surface area contributed by atoms with Crippen LogP contribution in [0.25, 0.3) is 43.6 Å². The first-order valence-corrected chi connectivity index (χ1v) is 26.9. The van der Waals surface area contributed by atoms with Crippen molar-refractivity contribution in [2.24, 2.45) is 46.3 Å². The molecular weight excluding hydrogens is 895 g/mol. The number of ether oxygens (including phenoxy) is 4. The van der Waals surface area contributed by atoms with Crippen LogP contribution < -0.4 is 5.32 Å². The van der Waals surface area contributed by atoms with Crippen molar-refractivity contribution in [1.29, 1.82) is 0 Å². The van der Waals surface area contributed by atoms with Crippen molar-refractivity contribution >= 4 is 67.4 Å². The van der Waals surface area contributed by atoms with Crippen LogP contribution in [0.5, 0.6) is 0 Å². The molecule has 12 nitrogen and oxygen atoms in total. The summed E-state index contributed by atoms with van der Waals surface area (Å²) in [4.78, 5) is 53.0. The van der Waals surface area contributed by atoms with Crippen LogP contribution in [0.3, 0.4) is 0 Å². The lowest BCUT2D eigenvalue weighted by Gasteiger charge is -2.58. The average molecular weight is 966 g/mol. The fraction of sp³-hybridized carbons (Fsp3) is 0.593. The minimum absolute atomic E-state index is 0.0698. The second-order valence-corrected chi connectivity index (χ2v) is 24.0. The van der Waals surface area contributed by atoms with Gasteiger partial charge >= 0.3 is 17.9 Å². The molecule has 11 atom stereocenters. The lowest BCUT2D eigenvalue weighted by molar-refractivity contribution is -0.200. The van der Waals surface area contributed by atoms with Gasteiger partial charge in [0.1, 0.15) is 18.9 Å². The van der Waals surface area contributed by atoms with E-state index in [-0.39, 0.29) is 36.7 Å². The molecule has 0 radical (unpaired) electrons. The zero-order valence-corrected chi connectivity index (χ0v) is 42.4. The second-order valence-electron chi connectivity index (χ2n) is 24.0. The number of amides is 1. The zero-order valence-electron chi connectivity index (χ0n) is 42.4. The van der Waals surface area contributed by atoms with Crippen LogP contribution >= 0.6 is 0 Å². The maximum atomic E-state index is 13.6. The number of esters is 3. The Kier molecular flexibility index (Phi) is 11.2. The number of aromatic nitrogens is 2. The minimum atomic E-state index is -1.73. The Morgan fingerprint density at radius 3 is 2.38 bits per heavy atom. The lowest BCUT2D eigenvalue weighted by atomic mass is 9.47. The molecule has 4 fully saturated rings. The van der Waals surface area contributed by atoms with Crippen molar-refractivity contribution in [2.45, 2.75) is 162 Å². The molecule has 1 saturated heterocycles. The predicted octanol–water partition coefficient (Wildman–Crippen LogP) is 11.3. The molecule has 3 saturated carbocycles. The number of nitrogens with one attached hydrogen (secondary N) is 1. The Morgan fingerprint density at radius 2 is 1.59 bits per heavy atom. The minimum Gasteiger partial charge on any atom is -0.462 e. The smallest absolute Gasteiger partial charge is 0.344 e. The molecular formula is C59H71N3O9. The van der Waals surface area contributed by atoms with E-state index in [0.717, 1.165) is 104 Å². The topological polar surface area (TPSA) is 147 Å². The molecule has 4 aliphatic carbocycles. The average Bonchev–Trinajstić information content (AvgIpc) is 4.13. The van der Waals surface area contributed by atoms with Crippen LogP contribution in [0.4, 0.5) is 0 Å². The van der Waals surface area contributed by atoms with Gasteiger partial charge in [-0.1, -0.05) is 102 Å². The number of carbonyl (C=O) groups is 4. The molecule has 5 aromatic rings. The number of allylic oxidation sites excluding steroid dienone is 1. The molecule has 376 valence electrons. The van der Waals surface area contributed by atoms with E-state index in [1.165, 1.54) is 50.5 Å². The Balaban J connectivity index is 0.666. The maximum Gasteiger partial charge on any atom is 0.344 e. The fourth-order valence-corrected chi connectivity index (χ4v) is 16.4. The highest BCUT2D eigenvalue weighted by Gasteiger charge is 2.62. The van der Waals surface area contributed by atoms with Gasteiger partial charge in [-0.3, -0.25) is 14.4 Å². The molecule has 71 heavy (non-hydrogen) atoms. The maximum absolute atomic E-state index is 13.6. The number of fused-ring (bicyclic) bond motifs is 18. The number of rotatable bonds is 13. The Bertz CT molecular complexity index is 3070. The van der Waals surface area contributed by atoms with Crippen LogP contribution in [0, 0.1) is 46.3 Å². The van der Waals surface area contributed by atoms with Crippen molar-refractivity contribution in [3.05, 3.63) is 71.3 Å². The largest absolute Gasteiger partial charge is 0.462 e. The first-order valence-electron chi connectivity index (χ1n) is 26.9. The van der Waals surface area contributed by atoms with Gasteiger partial charge in [0.05, 0.1) is 40.5 Å². The van der Waals surface area contributed by atoms with Gasteiger partial charge in [-0.05, 0) is 116 Å². The SMILES string of the molecule is CC(C)CCCC(C)C1CCC2C3CC=C4C[C@@H](OC(=O)CCC(=O)OCC(=O)OC[C@@]5(O)CC6O[C@]5(C)n5c7ccccc7c7c8c(c9c%10ccccc%10n6c9c75)C(=O)NC8)CC[C@]4(C)C3CC[C@]12C. The summed E-state index contributed by atoms with van der Waals surface area (Å²) in [6.07, 6.45) is 14.4. The Morgan fingerprint density at radius 1 is 0.845 bits per heavy atom. The summed E-state index contributed by atoms with van der Waals surface area (Å²) in [6, 6.07) is 15.8. The van der Waals surface area contributed by atoms with Crippen molar-refractivity contribution in [3.63, 3.8) is 0 Å². The van der Waals surface area contributed by atoms with Gasteiger partial charge in [0.25, 0.3) is 5.91 Å². The van der Waals surface area contributed by atoms with E-state index < -0.39 is 48.7 Å². The molecule has 12 heteroatoms. The Hall–Kier alpha value is -5.20. The molecule has 12 rings (SSSR count). The molecule has 6 unspecified atom stereocenters. The summed E-state index contributed by atoms with van der Waals surface area (Å²) in [5.74, 6) is 2.52. The highest BCUT2D eigenvalue weighted by atomic mass is 16.6. The fourth-order valence-electron chi connectivity index (χ4n) is 16.4. The van der Waals surface area contributed by atoms with Gasteiger partial charge in [-0.2, -0.15) is 0 Å². The van der Waals surface area contributed by atoms with Crippen molar-refractivity contribution in [2.75, 3.05) is 13.2 Å². The summed E-state index contributed by atoms with van der Waals surface area (Å²) < 4.78 is 28.2. The van der Waals surface area contributed by atoms with Gasteiger partial charge < -0.3 is 38.5 Å². The summed E-state index contributed by atoms with van der Waals surface area (Å²) in [6.45, 7) is 13.4. The van der Waals surface area contributed by atoms with Crippen molar-refractivity contribution in [3.8, 4) is 0 Å². The predicted molar refractivity (Wildman–Crippen MR) is 271 cm³/mol. The number of carbonyl (C=O) groups excluding carboxylic acids is 4. The number of nitrogens with zero attached hydrogens (tertiary/aromatic N) is 2. The normalized spacial score (nSPS) is 32.9. The highest BCUT2D eigenvalue weighted by Crippen LogP contribution is 2.68. The van der Waals surface area contributed by atoms with E-state index in [2.05, 4.69) is 50.6 Å². The standard InChI is InChI=1S/C59H71N3O9/c1-33(2)12-11-13-34(3)41-20-21-42-37-19-18-35-28-36(24-26-56(35,4)43(37)25-27-57(41,42)5)70-48(64)23-22-47(63)68-31-49(65)69-32-59(67)29-46-61-44-16-9-7-14-38(44)51-52-40(30-60-55(52)66)50-39-15-8-10-17-45(39)62(54(50)53(51)61)58(59,6)71-46/h7-10,14-18,33-34,36-37,41-43,46,67H,11-13,19-32H2,1-6H3,(H,60,66)/t34?,36-,37?,41?,42?,43?,46?,56-,57+,58-,59-/m0/s1. The number of hydrogen-bond acceptors (Lipinski definition) is 9. The van der Waals surface area contributed by atoms with E-state index in [0.29, 0.717) is 23.4 Å². The van der Waals surface area contributed by atoms with Gasteiger partial charge in [-0.15, -0.1) is 0 Å². The van der Waals surface area contributed by atoms with Gasteiger partial charge in [0, 0.05) is 40.9 Å². The highest BCUT2D eigenvalue weighted by molar-refractivity contribution is 6.31. The van der Waals surface area contributed by atoms with Crippen molar-refractivity contribution < 1.29 is 43.2 Å². The van der Waals surface area contributed by atoms with E-state index in [4.69, 9.17) is 18.9 Å². The van der Waals surface area contributed by atoms with E-state index in [9.17, 15) is 24.3 Å². The lowest BCUT2D eigenvalue weighted by Crippen LogP contribution is -2.54. The van der Waals surface area contributed by atoms with E-state index >= 15 is 0 Å². The van der Waals surface area contributed by atoms with Gasteiger partial charge in [0.15, 0.2) is 17.9 Å². The second kappa shape index (κ2) is 16.9. The summed E-state index contributed by atoms with van der Waals surface area (Å²) >= 11 is 0. The monoisotopic (exact) mass is 966 g/mol. The molecule has 2 bridgehead atoms. The summed E-state index contributed by atoms with van der Waals surface area (Å²) in [5.41, 5.74) is 3.81. The van der Waals surface area contributed by atoms with Crippen LogP contribution in [-0.2, 0) is 45.6 Å². The van der Waals surface area contributed by atoms with Crippen molar-refractivity contribution in [1.82, 2.24) is 14.5 Å². The van der Waals surface area contributed by atoms with Gasteiger partial charge in [-0.25, -0.2) is 4.79 Å². The van der Waals surface area contributed by atoms with E-state index in [1.807, 2.05) is 60.0 Å². The third-order valence-corrected chi connectivity index (χ3v) is 19.9. The first kappa shape index (κ1) is 46.8. The summed E-state index contributed by atoms with van der Waals surface area (Å²) in [7, 11) is 0.